The Kier molecular flexibility index (Phi) is 4.41. The highest BCUT2D eigenvalue weighted by Gasteiger charge is 2.20. The van der Waals surface area contributed by atoms with Gasteiger partial charge < -0.3 is 14.9 Å². The molecule has 1 aromatic heterocycles. The number of rotatable bonds is 4. The molecule has 0 spiro atoms. The van der Waals surface area contributed by atoms with Crippen LogP contribution in [0.4, 0.5) is 10.8 Å². The number of hydrogen-bond acceptors (Lipinski definition) is 5. The highest BCUT2D eigenvalue weighted by atomic mass is 32.1. The third-order valence-electron chi connectivity index (χ3n) is 3.90. The minimum absolute atomic E-state index is 0.172. The predicted octanol–water partition coefficient (Wildman–Crippen LogP) is 2.31. The second kappa shape index (κ2) is 6.45. The van der Waals surface area contributed by atoms with Crippen LogP contribution in [-0.4, -0.2) is 42.9 Å². The smallest absolute Gasteiger partial charge is 0.185 e. The lowest BCUT2D eigenvalue weighted by molar-refractivity contribution is 0.298. The van der Waals surface area contributed by atoms with Crippen molar-refractivity contribution in [3.63, 3.8) is 0 Å². The predicted molar refractivity (Wildman–Crippen MR) is 88.5 cm³/mol. The summed E-state index contributed by atoms with van der Waals surface area (Å²) in [5.74, 6) is 0. The molecule has 5 heteroatoms. The van der Waals surface area contributed by atoms with Gasteiger partial charge in [-0.2, -0.15) is 0 Å². The SMILES string of the molecule is Cc1sc(N2CCN(c3ccccc3)CC2)nc1CCO. The van der Waals surface area contributed by atoms with E-state index in [2.05, 4.69) is 52.0 Å². The largest absolute Gasteiger partial charge is 0.396 e. The first kappa shape index (κ1) is 14.4. The molecule has 2 aromatic rings. The zero-order valence-corrected chi connectivity index (χ0v) is 13.1. The van der Waals surface area contributed by atoms with Crippen molar-refractivity contribution in [2.75, 3.05) is 42.6 Å². The Morgan fingerprint density at radius 3 is 2.43 bits per heavy atom. The monoisotopic (exact) mass is 303 g/mol. The molecule has 1 aliphatic rings. The van der Waals surface area contributed by atoms with Gasteiger partial charge in [-0.05, 0) is 19.1 Å². The molecule has 0 saturated carbocycles. The summed E-state index contributed by atoms with van der Waals surface area (Å²) >= 11 is 1.74. The number of aliphatic hydroxyl groups excluding tert-OH is 1. The van der Waals surface area contributed by atoms with Gasteiger partial charge in [0.05, 0.1) is 5.69 Å². The molecule has 1 N–H and O–H groups in total. The Hall–Kier alpha value is -1.59. The molecule has 112 valence electrons. The number of aliphatic hydroxyl groups is 1. The minimum Gasteiger partial charge on any atom is -0.396 e. The van der Waals surface area contributed by atoms with Crippen LogP contribution in [0.15, 0.2) is 30.3 Å². The normalized spacial score (nSPS) is 15.5. The van der Waals surface area contributed by atoms with E-state index in [1.54, 1.807) is 11.3 Å². The van der Waals surface area contributed by atoms with Crippen LogP contribution in [-0.2, 0) is 6.42 Å². The van der Waals surface area contributed by atoms with E-state index >= 15 is 0 Å². The topological polar surface area (TPSA) is 39.6 Å². The molecule has 0 radical (unpaired) electrons. The van der Waals surface area contributed by atoms with E-state index in [1.807, 2.05) is 0 Å². The molecule has 1 saturated heterocycles. The molecule has 0 amide bonds. The first-order chi connectivity index (χ1) is 10.3. The van der Waals surface area contributed by atoms with Gasteiger partial charge in [0, 0.05) is 49.8 Å². The number of aryl methyl sites for hydroxylation is 1. The van der Waals surface area contributed by atoms with E-state index in [-0.39, 0.29) is 6.61 Å². The fraction of sp³-hybridized carbons (Fsp3) is 0.438. The second-order valence-corrected chi connectivity index (χ2v) is 6.46. The van der Waals surface area contributed by atoms with Gasteiger partial charge in [-0.3, -0.25) is 0 Å². The number of piperazine rings is 1. The van der Waals surface area contributed by atoms with E-state index in [4.69, 9.17) is 5.11 Å². The molecule has 21 heavy (non-hydrogen) atoms. The van der Waals surface area contributed by atoms with Crippen LogP contribution < -0.4 is 9.80 Å². The lowest BCUT2D eigenvalue weighted by Crippen LogP contribution is -2.46. The van der Waals surface area contributed by atoms with E-state index in [0.29, 0.717) is 6.42 Å². The number of anilines is 2. The summed E-state index contributed by atoms with van der Waals surface area (Å²) in [6.07, 6.45) is 0.659. The molecule has 4 nitrogen and oxygen atoms in total. The van der Waals surface area contributed by atoms with Crippen LogP contribution in [0.25, 0.3) is 0 Å². The van der Waals surface area contributed by atoms with Crippen molar-refractivity contribution in [1.29, 1.82) is 0 Å². The summed E-state index contributed by atoms with van der Waals surface area (Å²) in [4.78, 5) is 10.7. The van der Waals surface area contributed by atoms with E-state index in [1.165, 1.54) is 10.6 Å². The summed E-state index contributed by atoms with van der Waals surface area (Å²) in [5, 5.41) is 10.2. The van der Waals surface area contributed by atoms with Crippen molar-refractivity contribution in [3.8, 4) is 0 Å². The van der Waals surface area contributed by atoms with Gasteiger partial charge in [-0.1, -0.05) is 18.2 Å². The van der Waals surface area contributed by atoms with Crippen molar-refractivity contribution in [2.45, 2.75) is 13.3 Å². The van der Waals surface area contributed by atoms with Gasteiger partial charge in [0.2, 0.25) is 0 Å². The summed E-state index contributed by atoms with van der Waals surface area (Å²) < 4.78 is 0. The highest BCUT2D eigenvalue weighted by Crippen LogP contribution is 2.27. The fourth-order valence-corrected chi connectivity index (χ4v) is 3.69. The Bertz CT molecular complexity index is 576. The maximum absolute atomic E-state index is 9.07. The zero-order valence-electron chi connectivity index (χ0n) is 12.3. The zero-order chi connectivity index (χ0) is 14.7. The molecular formula is C16H21N3OS. The van der Waals surface area contributed by atoms with Gasteiger partial charge in [0.1, 0.15) is 0 Å². The second-order valence-electron chi connectivity index (χ2n) is 5.28. The third-order valence-corrected chi connectivity index (χ3v) is 4.98. The summed E-state index contributed by atoms with van der Waals surface area (Å²) in [7, 11) is 0. The van der Waals surface area contributed by atoms with Crippen molar-refractivity contribution < 1.29 is 5.11 Å². The summed E-state index contributed by atoms with van der Waals surface area (Å²) in [6, 6.07) is 10.6. The molecule has 3 rings (SSSR count). The summed E-state index contributed by atoms with van der Waals surface area (Å²) in [6.45, 7) is 6.31. The minimum atomic E-state index is 0.172. The number of para-hydroxylation sites is 1. The number of thiazole rings is 1. The fourth-order valence-electron chi connectivity index (χ4n) is 2.68. The first-order valence-electron chi connectivity index (χ1n) is 7.40. The quantitative estimate of drug-likeness (QED) is 0.941. The average molecular weight is 303 g/mol. The molecule has 2 heterocycles. The van der Waals surface area contributed by atoms with Crippen LogP contribution in [0.2, 0.25) is 0 Å². The van der Waals surface area contributed by atoms with Crippen molar-refractivity contribution in [1.82, 2.24) is 4.98 Å². The molecule has 1 fully saturated rings. The standard InChI is InChI=1S/C16H21N3OS/c1-13-15(7-12-20)17-16(21-13)19-10-8-18(9-11-19)14-5-3-2-4-6-14/h2-6,20H,7-12H2,1H3. The molecule has 0 aliphatic carbocycles. The molecule has 0 atom stereocenters. The van der Waals surface area contributed by atoms with E-state index in [9.17, 15) is 0 Å². The Balaban J connectivity index is 1.64. The molecule has 1 aromatic carbocycles. The lowest BCUT2D eigenvalue weighted by atomic mass is 10.2. The average Bonchev–Trinajstić information content (AvgIpc) is 2.90. The van der Waals surface area contributed by atoms with Crippen LogP contribution in [0.3, 0.4) is 0 Å². The maximum atomic E-state index is 9.07. The van der Waals surface area contributed by atoms with Crippen LogP contribution >= 0.6 is 11.3 Å². The van der Waals surface area contributed by atoms with Crippen LogP contribution in [0, 0.1) is 6.92 Å². The summed E-state index contributed by atoms with van der Waals surface area (Å²) in [5.41, 5.74) is 2.34. The lowest BCUT2D eigenvalue weighted by Gasteiger charge is -2.36. The van der Waals surface area contributed by atoms with Crippen molar-refractivity contribution in [3.05, 3.63) is 40.9 Å². The molecular weight excluding hydrogens is 282 g/mol. The van der Waals surface area contributed by atoms with Gasteiger partial charge in [0.25, 0.3) is 0 Å². The number of benzene rings is 1. The Labute approximate surface area is 129 Å². The molecule has 1 aliphatic heterocycles. The van der Waals surface area contributed by atoms with Gasteiger partial charge in [0.15, 0.2) is 5.13 Å². The van der Waals surface area contributed by atoms with Gasteiger partial charge >= 0.3 is 0 Å². The first-order valence-corrected chi connectivity index (χ1v) is 8.21. The number of nitrogens with zero attached hydrogens (tertiary/aromatic N) is 3. The Morgan fingerprint density at radius 1 is 1.10 bits per heavy atom. The van der Waals surface area contributed by atoms with Crippen molar-refractivity contribution >= 4 is 22.2 Å². The van der Waals surface area contributed by atoms with Gasteiger partial charge in [-0.15, -0.1) is 11.3 Å². The van der Waals surface area contributed by atoms with E-state index in [0.717, 1.165) is 37.0 Å². The molecule has 0 bridgehead atoms. The maximum Gasteiger partial charge on any atom is 0.185 e. The van der Waals surface area contributed by atoms with Crippen molar-refractivity contribution in [2.24, 2.45) is 0 Å². The molecule has 0 unspecified atom stereocenters. The number of aromatic nitrogens is 1. The third kappa shape index (κ3) is 3.19. The highest BCUT2D eigenvalue weighted by molar-refractivity contribution is 7.15. The van der Waals surface area contributed by atoms with E-state index < -0.39 is 0 Å². The number of hydrogen-bond donors (Lipinski definition) is 1. The van der Waals surface area contributed by atoms with Crippen LogP contribution in [0.1, 0.15) is 10.6 Å². The van der Waals surface area contributed by atoms with Gasteiger partial charge in [-0.25, -0.2) is 4.98 Å². The Morgan fingerprint density at radius 2 is 1.76 bits per heavy atom. The van der Waals surface area contributed by atoms with Crippen LogP contribution in [0.5, 0.6) is 0 Å².